The molecule has 6 heteroatoms. The fraction of sp³-hybridized carbons (Fsp3) is 0.860. The number of carbonyl (C=O) groups is 2. The highest BCUT2D eigenvalue weighted by Crippen LogP contribution is 2.41. The van der Waals surface area contributed by atoms with Gasteiger partial charge in [-0.2, -0.15) is 0 Å². The van der Waals surface area contributed by atoms with Gasteiger partial charge in [-0.3, -0.25) is 4.79 Å². The van der Waals surface area contributed by atoms with Crippen molar-refractivity contribution in [3.8, 4) is 0 Å². The van der Waals surface area contributed by atoms with Crippen LogP contribution >= 0.6 is 0 Å². The normalized spacial score (nSPS) is 25.9. The third-order valence-electron chi connectivity index (χ3n) is 15.3. The largest absolute Gasteiger partial charge is 0.369 e. The highest BCUT2D eigenvalue weighted by atomic mass is 16.2. The fourth-order valence-corrected chi connectivity index (χ4v) is 11.1. The monoisotopic (exact) mass is 877 g/mol. The Morgan fingerprint density at radius 1 is 0.556 bits per heavy atom. The van der Waals surface area contributed by atoms with Gasteiger partial charge >= 0.3 is 6.03 Å². The minimum Gasteiger partial charge on any atom is -0.369 e. The first kappa shape index (κ1) is 55.2. The van der Waals surface area contributed by atoms with Crippen LogP contribution in [0.4, 0.5) is 4.79 Å². The third kappa shape index (κ3) is 24.3. The van der Waals surface area contributed by atoms with Crippen molar-refractivity contribution in [2.45, 2.75) is 289 Å². The minimum atomic E-state index is -0.767. The molecule has 1 saturated carbocycles. The lowest BCUT2D eigenvalue weighted by Crippen LogP contribution is -2.64. The van der Waals surface area contributed by atoms with Crippen molar-refractivity contribution < 1.29 is 9.59 Å². The maximum absolute atomic E-state index is 14.0. The lowest BCUT2D eigenvalue weighted by Gasteiger charge is -2.49. The van der Waals surface area contributed by atoms with Gasteiger partial charge in [0.1, 0.15) is 0 Å². The number of primary amides is 1. The molecule has 2 unspecified atom stereocenters. The van der Waals surface area contributed by atoms with E-state index in [-0.39, 0.29) is 23.0 Å². The molecule has 0 radical (unpaired) electrons. The first-order valence-electron chi connectivity index (χ1n) is 27.9. The molecule has 1 aliphatic heterocycles. The van der Waals surface area contributed by atoms with Gasteiger partial charge in [0.05, 0.1) is 5.41 Å². The molecule has 2 aliphatic rings. The van der Waals surface area contributed by atoms with E-state index in [1.807, 2.05) is 18.7 Å². The number of hydrogen-bond donors (Lipinski definition) is 3. The number of hydrogen-bond acceptors (Lipinski definition) is 3. The third-order valence-corrected chi connectivity index (χ3v) is 15.3. The molecule has 1 saturated heterocycles. The van der Waals surface area contributed by atoms with E-state index >= 15 is 0 Å². The Kier molecular flexibility index (Phi) is 30.0. The van der Waals surface area contributed by atoms with Crippen LogP contribution in [-0.2, 0) is 10.3 Å². The van der Waals surface area contributed by atoms with E-state index < -0.39 is 5.41 Å². The Labute approximate surface area is 391 Å². The summed E-state index contributed by atoms with van der Waals surface area (Å²) in [5, 5.41) is 7.69. The summed E-state index contributed by atoms with van der Waals surface area (Å²) >= 11 is 0. The molecule has 0 aromatic heterocycles. The number of nitrogens with zero attached hydrogens (tertiary/aromatic N) is 1. The summed E-state index contributed by atoms with van der Waals surface area (Å²) in [6.45, 7) is 7.84. The summed E-state index contributed by atoms with van der Waals surface area (Å²) in [6, 6.07) is 11.1. The molecule has 1 aromatic carbocycles. The van der Waals surface area contributed by atoms with Crippen molar-refractivity contribution in [1.82, 2.24) is 15.5 Å². The molecule has 4 N–H and O–H groups in total. The molecule has 364 valence electrons. The average molecular weight is 877 g/mol. The summed E-state index contributed by atoms with van der Waals surface area (Å²) in [5.74, 6) is -0.360. The number of nitrogens with two attached hydrogens (primary N) is 1. The molecule has 2 atom stereocenters. The van der Waals surface area contributed by atoms with Crippen LogP contribution in [0.15, 0.2) is 30.3 Å². The van der Waals surface area contributed by atoms with Gasteiger partial charge in [0.2, 0.25) is 5.91 Å². The van der Waals surface area contributed by atoms with E-state index in [0.29, 0.717) is 13.1 Å². The number of benzene rings is 1. The molecule has 0 bridgehead atoms. The van der Waals surface area contributed by atoms with Crippen molar-refractivity contribution in [1.29, 1.82) is 0 Å². The first-order chi connectivity index (χ1) is 30.7. The lowest BCUT2D eigenvalue weighted by atomic mass is 9.70. The number of carbonyl (C=O) groups excluding carboxylic acids is 2. The Morgan fingerprint density at radius 2 is 0.889 bits per heavy atom. The summed E-state index contributed by atoms with van der Waals surface area (Å²) in [5.41, 5.74) is 5.83. The maximum Gasteiger partial charge on any atom is 0.317 e. The molecule has 1 heterocycles. The summed E-state index contributed by atoms with van der Waals surface area (Å²) in [4.78, 5) is 28.2. The van der Waals surface area contributed by atoms with Gasteiger partial charge in [-0.25, -0.2) is 4.79 Å². The summed E-state index contributed by atoms with van der Waals surface area (Å²) < 4.78 is 0. The molecule has 3 amide bonds. The zero-order valence-electron chi connectivity index (χ0n) is 42.1. The van der Waals surface area contributed by atoms with Crippen LogP contribution in [0.1, 0.15) is 283 Å². The van der Waals surface area contributed by atoms with Crippen molar-refractivity contribution in [2.24, 2.45) is 11.1 Å². The average Bonchev–Trinajstić information content (AvgIpc) is 3.27. The zero-order valence-corrected chi connectivity index (χ0v) is 42.1. The second-order valence-corrected chi connectivity index (χ2v) is 21.5. The van der Waals surface area contributed by atoms with Crippen LogP contribution in [0, 0.1) is 5.41 Å². The van der Waals surface area contributed by atoms with Gasteiger partial charge in [-0.1, -0.05) is 268 Å². The highest BCUT2D eigenvalue weighted by Gasteiger charge is 2.46. The van der Waals surface area contributed by atoms with Gasteiger partial charge in [0, 0.05) is 24.2 Å². The molecular weight excluding hydrogens is 773 g/mol. The van der Waals surface area contributed by atoms with Gasteiger partial charge in [-0.05, 0) is 51.6 Å². The maximum atomic E-state index is 14.0. The molecule has 6 nitrogen and oxygen atoms in total. The van der Waals surface area contributed by atoms with E-state index in [1.54, 1.807) is 0 Å². The smallest absolute Gasteiger partial charge is 0.317 e. The molecule has 1 aromatic rings. The molecule has 3 rings (SSSR count). The van der Waals surface area contributed by atoms with Crippen LogP contribution in [0.2, 0.25) is 0 Å². The van der Waals surface area contributed by atoms with Crippen LogP contribution in [-0.4, -0.2) is 42.0 Å². The van der Waals surface area contributed by atoms with Gasteiger partial charge in [0.25, 0.3) is 0 Å². The number of amides is 3. The minimum absolute atomic E-state index is 0.0408. The zero-order chi connectivity index (χ0) is 45.2. The Hall–Kier alpha value is -2.08. The predicted octanol–water partition coefficient (Wildman–Crippen LogP) is 16.4. The van der Waals surface area contributed by atoms with E-state index in [1.165, 1.54) is 230 Å². The quantitative estimate of drug-likeness (QED) is 0.266. The summed E-state index contributed by atoms with van der Waals surface area (Å²) in [6.07, 6.45) is 54.0. The van der Waals surface area contributed by atoms with Gasteiger partial charge in [0.15, 0.2) is 0 Å². The molecular formula is C57H104N4O2. The van der Waals surface area contributed by atoms with Crippen LogP contribution in [0.3, 0.4) is 0 Å². The van der Waals surface area contributed by atoms with Crippen molar-refractivity contribution in [2.75, 3.05) is 19.6 Å². The Morgan fingerprint density at radius 3 is 1.21 bits per heavy atom. The first-order valence-corrected chi connectivity index (χ1v) is 27.9. The van der Waals surface area contributed by atoms with Crippen LogP contribution in [0.5, 0.6) is 0 Å². The number of nitrogens with one attached hydrogen (secondary N) is 2. The van der Waals surface area contributed by atoms with Crippen LogP contribution < -0.4 is 16.4 Å². The number of urea groups is 1. The molecule has 1 aliphatic carbocycles. The topological polar surface area (TPSA) is 87.5 Å². The SMILES string of the molecule is CCNC1(c2ccccc2)CCCCCCCCCCCCCCCCCCCCCCCCCCCCCCCCCCCCCCC2(CCN(CC(C)(C)C(N)=O)C(=O)N2)C1. The van der Waals surface area contributed by atoms with Gasteiger partial charge < -0.3 is 21.3 Å². The molecule has 1 spiro atoms. The van der Waals surface area contributed by atoms with Crippen LogP contribution in [0.25, 0.3) is 0 Å². The summed E-state index contributed by atoms with van der Waals surface area (Å²) in [7, 11) is 0. The van der Waals surface area contributed by atoms with E-state index in [0.717, 1.165) is 38.6 Å². The lowest BCUT2D eigenvalue weighted by molar-refractivity contribution is -0.126. The molecule has 2 fully saturated rings. The Balaban J connectivity index is 1.58. The number of rotatable bonds is 6. The second-order valence-electron chi connectivity index (χ2n) is 21.5. The van der Waals surface area contributed by atoms with Gasteiger partial charge in [-0.15, -0.1) is 0 Å². The second kappa shape index (κ2) is 34.3. The standard InChI is InChI=1S/C57H104N4O2/c1-4-59-57(52-44-40-39-41-45-52)47-43-38-36-34-32-30-28-26-24-22-20-18-16-14-12-10-8-6-5-7-9-11-13-15-17-19-21-23-25-27-29-31-33-35-37-42-46-56(50-57)48-49-61(54(63)60-56)51-55(2,3)53(58)62/h39-41,44-45,59H,4-38,42-43,46-51H2,1-3H3,(H2,58,62)(H,60,63). The van der Waals surface area contributed by atoms with Crippen molar-refractivity contribution >= 4 is 11.9 Å². The van der Waals surface area contributed by atoms with Crippen molar-refractivity contribution in [3.05, 3.63) is 35.9 Å². The molecule has 63 heavy (non-hydrogen) atoms. The fourth-order valence-electron chi connectivity index (χ4n) is 11.1. The van der Waals surface area contributed by atoms with E-state index in [4.69, 9.17) is 5.73 Å². The van der Waals surface area contributed by atoms with E-state index in [9.17, 15) is 9.59 Å². The van der Waals surface area contributed by atoms with Crippen molar-refractivity contribution in [3.63, 3.8) is 0 Å². The van der Waals surface area contributed by atoms with E-state index in [2.05, 4.69) is 47.9 Å². The Bertz CT molecular complexity index is 1270. The predicted molar refractivity (Wildman–Crippen MR) is 272 cm³/mol. The highest BCUT2D eigenvalue weighted by molar-refractivity contribution is 5.82.